The Morgan fingerprint density at radius 3 is 2.62 bits per heavy atom. The highest BCUT2D eigenvalue weighted by molar-refractivity contribution is 7.10. The van der Waals surface area contributed by atoms with Gasteiger partial charge in [-0.15, -0.1) is 11.3 Å². The van der Waals surface area contributed by atoms with Crippen molar-refractivity contribution in [2.24, 2.45) is 5.92 Å². The van der Waals surface area contributed by atoms with Crippen molar-refractivity contribution in [1.29, 1.82) is 0 Å². The summed E-state index contributed by atoms with van der Waals surface area (Å²) < 4.78 is 0. The second-order valence-electron chi connectivity index (χ2n) is 5.47. The number of hydrogen-bond donors (Lipinski definition) is 1. The molecule has 108 valence electrons. The third-order valence-electron chi connectivity index (χ3n) is 3.52. The lowest BCUT2D eigenvalue weighted by atomic mass is 10.0. The molecule has 0 fully saturated rings. The van der Waals surface area contributed by atoms with Gasteiger partial charge in [-0.2, -0.15) is 0 Å². The highest BCUT2D eigenvalue weighted by atomic mass is 32.1. The van der Waals surface area contributed by atoms with Crippen LogP contribution in [0.3, 0.4) is 0 Å². The van der Waals surface area contributed by atoms with Crippen LogP contribution in [0.25, 0.3) is 11.0 Å². The number of hydrogen-bond acceptors (Lipinski definition) is 4. The van der Waals surface area contributed by atoms with Gasteiger partial charge >= 0.3 is 0 Å². The molecule has 0 spiro atoms. The molecule has 1 aromatic carbocycles. The van der Waals surface area contributed by atoms with Gasteiger partial charge in [-0.3, -0.25) is 4.98 Å². The largest absolute Gasteiger partial charge is 0.303 e. The third-order valence-corrected chi connectivity index (χ3v) is 4.47. The summed E-state index contributed by atoms with van der Waals surface area (Å²) in [4.78, 5) is 10.5. The Morgan fingerprint density at radius 1 is 1.10 bits per heavy atom. The summed E-state index contributed by atoms with van der Waals surface area (Å²) in [5.41, 5.74) is 2.88. The quantitative estimate of drug-likeness (QED) is 0.767. The topological polar surface area (TPSA) is 37.8 Å². The standard InChI is InChI=1S/C17H19N3S/c1-12(2)17(16-8-5-9-21-16)19-11-13-10-18-14-6-3-4-7-15(14)20-13/h3-10,12,17,19H,11H2,1-2H3. The van der Waals surface area contributed by atoms with Crippen molar-refractivity contribution in [3.8, 4) is 0 Å². The van der Waals surface area contributed by atoms with Gasteiger partial charge in [-0.25, -0.2) is 4.98 Å². The van der Waals surface area contributed by atoms with Crippen LogP contribution in [0.15, 0.2) is 48.0 Å². The molecule has 3 nitrogen and oxygen atoms in total. The molecule has 0 aliphatic carbocycles. The average Bonchev–Trinajstić information content (AvgIpc) is 3.01. The Kier molecular flexibility index (Phi) is 4.27. The molecule has 2 aromatic heterocycles. The molecule has 3 aromatic rings. The van der Waals surface area contributed by atoms with Crippen molar-refractivity contribution in [3.05, 3.63) is 58.5 Å². The van der Waals surface area contributed by atoms with Crippen LogP contribution >= 0.6 is 11.3 Å². The Bertz CT molecular complexity index is 707. The van der Waals surface area contributed by atoms with Crippen LogP contribution in [0.4, 0.5) is 0 Å². The van der Waals surface area contributed by atoms with Gasteiger partial charge in [0.2, 0.25) is 0 Å². The number of rotatable bonds is 5. The van der Waals surface area contributed by atoms with E-state index < -0.39 is 0 Å². The summed E-state index contributed by atoms with van der Waals surface area (Å²) in [7, 11) is 0. The van der Waals surface area contributed by atoms with Gasteiger partial charge in [0, 0.05) is 17.5 Å². The highest BCUT2D eigenvalue weighted by Crippen LogP contribution is 2.26. The maximum absolute atomic E-state index is 4.67. The van der Waals surface area contributed by atoms with Crippen molar-refractivity contribution in [3.63, 3.8) is 0 Å². The molecule has 2 heterocycles. The lowest BCUT2D eigenvalue weighted by molar-refractivity contribution is 0.414. The smallest absolute Gasteiger partial charge is 0.0890 e. The van der Waals surface area contributed by atoms with E-state index in [2.05, 4.69) is 46.6 Å². The van der Waals surface area contributed by atoms with E-state index in [1.807, 2.05) is 30.5 Å². The zero-order chi connectivity index (χ0) is 14.7. The van der Waals surface area contributed by atoms with Crippen molar-refractivity contribution >= 4 is 22.4 Å². The van der Waals surface area contributed by atoms with E-state index in [-0.39, 0.29) is 0 Å². The summed E-state index contributed by atoms with van der Waals surface area (Å²) in [5, 5.41) is 5.74. The minimum Gasteiger partial charge on any atom is -0.303 e. The molecule has 0 saturated heterocycles. The summed E-state index contributed by atoms with van der Waals surface area (Å²) in [5.74, 6) is 0.539. The van der Waals surface area contributed by atoms with E-state index in [0.29, 0.717) is 12.0 Å². The second kappa shape index (κ2) is 6.33. The van der Waals surface area contributed by atoms with Crippen molar-refractivity contribution in [2.45, 2.75) is 26.4 Å². The number of nitrogens with zero attached hydrogens (tertiary/aromatic N) is 2. The van der Waals surface area contributed by atoms with E-state index in [4.69, 9.17) is 0 Å². The SMILES string of the molecule is CC(C)C(NCc1cnc2ccccc2n1)c1cccs1. The Balaban J connectivity index is 1.75. The number of aromatic nitrogens is 2. The average molecular weight is 297 g/mol. The molecule has 0 aliphatic rings. The minimum atomic E-state index is 0.360. The molecule has 0 aliphatic heterocycles. The maximum Gasteiger partial charge on any atom is 0.0890 e. The van der Waals surface area contributed by atoms with Crippen molar-refractivity contribution in [1.82, 2.24) is 15.3 Å². The van der Waals surface area contributed by atoms with E-state index in [1.165, 1.54) is 4.88 Å². The van der Waals surface area contributed by atoms with E-state index >= 15 is 0 Å². The van der Waals surface area contributed by atoms with Crippen LogP contribution in [0.2, 0.25) is 0 Å². The fourth-order valence-electron chi connectivity index (χ4n) is 2.43. The molecule has 0 saturated carbocycles. The molecule has 0 amide bonds. The lowest BCUT2D eigenvalue weighted by Crippen LogP contribution is -2.25. The summed E-state index contributed by atoms with van der Waals surface area (Å²) in [6, 6.07) is 12.6. The molecule has 3 rings (SSSR count). The summed E-state index contributed by atoms with van der Waals surface area (Å²) in [6.07, 6.45) is 1.86. The van der Waals surface area contributed by atoms with Crippen molar-refractivity contribution in [2.75, 3.05) is 0 Å². The van der Waals surface area contributed by atoms with Crippen LogP contribution in [0, 0.1) is 5.92 Å². The second-order valence-corrected chi connectivity index (χ2v) is 6.45. The molecule has 1 N–H and O–H groups in total. The summed E-state index contributed by atoms with van der Waals surface area (Å²) in [6.45, 7) is 5.21. The summed E-state index contributed by atoms with van der Waals surface area (Å²) >= 11 is 1.80. The first-order chi connectivity index (χ1) is 10.2. The van der Waals surface area contributed by atoms with Gasteiger partial charge in [0.25, 0.3) is 0 Å². The van der Waals surface area contributed by atoms with Gasteiger partial charge < -0.3 is 5.32 Å². The number of benzene rings is 1. The van der Waals surface area contributed by atoms with Crippen LogP contribution in [-0.4, -0.2) is 9.97 Å². The number of thiophene rings is 1. The van der Waals surface area contributed by atoms with Crippen molar-refractivity contribution < 1.29 is 0 Å². The molecular weight excluding hydrogens is 278 g/mol. The molecular formula is C17H19N3S. The maximum atomic E-state index is 4.67. The fourth-order valence-corrected chi connectivity index (χ4v) is 3.40. The Hall–Kier alpha value is -1.78. The first kappa shape index (κ1) is 14.2. The minimum absolute atomic E-state index is 0.360. The van der Waals surface area contributed by atoms with Gasteiger partial charge in [0.05, 0.1) is 22.9 Å². The van der Waals surface area contributed by atoms with Gasteiger partial charge in [-0.05, 0) is 29.5 Å². The Morgan fingerprint density at radius 2 is 1.90 bits per heavy atom. The molecule has 1 atom stereocenters. The third kappa shape index (κ3) is 3.28. The van der Waals surface area contributed by atoms with Gasteiger partial charge in [0.15, 0.2) is 0 Å². The van der Waals surface area contributed by atoms with Crippen LogP contribution in [-0.2, 0) is 6.54 Å². The first-order valence-electron chi connectivity index (χ1n) is 7.21. The normalized spacial score (nSPS) is 12.9. The molecule has 0 radical (unpaired) electrons. The Labute approximate surface area is 129 Å². The van der Waals surface area contributed by atoms with Crippen LogP contribution in [0.1, 0.15) is 30.5 Å². The zero-order valence-electron chi connectivity index (χ0n) is 12.3. The van der Waals surface area contributed by atoms with Gasteiger partial charge in [0.1, 0.15) is 0 Å². The number of nitrogens with one attached hydrogen (secondary N) is 1. The highest BCUT2D eigenvalue weighted by Gasteiger charge is 2.16. The van der Waals surface area contributed by atoms with Crippen LogP contribution in [0.5, 0.6) is 0 Å². The van der Waals surface area contributed by atoms with E-state index in [1.54, 1.807) is 11.3 Å². The van der Waals surface area contributed by atoms with E-state index in [0.717, 1.165) is 23.3 Å². The zero-order valence-corrected chi connectivity index (χ0v) is 13.1. The molecule has 0 bridgehead atoms. The molecule has 21 heavy (non-hydrogen) atoms. The predicted molar refractivity (Wildman–Crippen MR) is 88.3 cm³/mol. The van der Waals surface area contributed by atoms with Crippen LogP contribution < -0.4 is 5.32 Å². The first-order valence-corrected chi connectivity index (χ1v) is 8.09. The fraction of sp³-hybridized carbons (Fsp3) is 0.294. The lowest BCUT2D eigenvalue weighted by Gasteiger charge is -2.21. The number of fused-ring (bicyclic) bond motifs is 1. The number of para-hydroxylation sites is 2. The molecule has 4 heteroatoms. The van der Waals surface area contributed by atoms with E-state index in [9.17, 15) is 0 Å². The predicted octanol–water partition coefficient (Wildman–Crippen LogP) is 4.18. The molecule has 1 unspecified atom stereocenters. The monoisotopic (exact) mass is 297 g/mol. The van der Waals surface area contributed by atoms with Gasteiger partial charge in [-0.1, -0.05) is 32.0 Å².